The second-order valence-electron chi connectivity index (χ2n) is 4.80. The summed E-state index contributed by atoms with van der Waals surface area (Å²) in [5.74, 6) is 0.312. The molecule has 0 radical (unpaired) electrons. The summed E-state index contributed by atoms with van der Waals surface area (Å²) in [7, 11) is 3.26. The summed E-state index contributed by atoms with van der Waals surface area (Å²) in [6.45, 7) is 1.95. The van der Waals surface area contributed by atoms with Crippen molar-refractivity contribution in [2.75, 3.05) is 19.5 Å². The van der Waals surface area contributed by atoms with E-state index in [0.717, 1.165) is 5.56 Å². The van der Waals surface area contributed by atoms with Crippen molar-refractivity contribution in [3.05, 3.63) is 46.2 Å². The molecule has 0 saturated carbocycles. The Labute approximate surface area is 133 Å². The third kappa shape index (κ3) is 3.65. The van der Waals surface area contributed by atoms with Crippen molar-refractivity contribution in [1.29, 1.82) is 0 Å². The van der Waals surface area contributed by atoms with E-state index in [4.69, 9.17) is 4.74 Å². The third-order valence-electron chi connectivity index (χ3n) is 3.27. The van der Waals surface area contributed by atoms with Crippen LogP contribution in [0.25, 0.3) is 0 Å². The first-order valence-electron chi connectivity index (χ1n) is 6.75. The normalized spacial score (nSPS) is 10.1. The topological polar surface area (TPSA) is 58.6 Å². The molecular formula is C16H18N2O3S. The van der Waals surface area contributed by atoms with Crippen LogP contribution in [0.15, 0.2) is 35.7 Å². The molecule has 0 aliphatic rings. The fraction of sp³-hybridized carbons (Fsp3) is 0.250. The Hall–Kier alpha value is -2.34. The van der Waals surface area contributed by atoms with Gasteiger partial charge in [-0.15, -0.1) is 11.3 Å². The minimum Gasteiger partial charge on any atom is -0.495 e. The molecule has 2 aromatic rings. The van der Waals surface area contributed by atoms with Crippen LogP contribution in [0.1, 0.15) is 22.2 Å². The molecule has 1 aromatic carbocycles. The summed E-state index contributed by atoms with van der Waals surface area (Å²) in [4.78, 5) is 25.9. The fourth-order valence-electron chi connectivity index (χ4n) is 1.95. The number of carbonyl (C=O) groups is 2. The van der Waals surface area contributed by atoms with E-state index in [1.54, 1.807) is 18.0 Å². The Morgan fingerprint density at radius 3 is 2.68 bits per heavy atom. The Bertz CT molecular complexity index is 682. The van der Waals surface area contributed by atoms with Crippen LogP contribution in [0, 0.1) is 0 Å². The van der Waals surface area contributed by atoms with Crippen molar-refractivity contribution in [3.8, 4) is 5.75 Å². The third-order valence-corrected chi connectivity index (χ3v) is 4.16. The summed E-state index contributed by atoms with van der Waals surface area (Å²) in [6.07, 6.45) is 0. The first-order chi connectivity index (χ1) is 10.5. The molecule has 0 saturated heterocycles. The highest BCUT2D eigenvalue weighted by Crippen LogP contribution is 2.26. The maximum Gasteiger partial charge on any atom is 0.269 e. The molecule has 0 spiro atoms. The number of ether oxygens (including phenoxy) is 1. The van der Waals surface area contributed by atoms with Crippen LogP contribution < -0.4 is 10.1 Å². The number of amides is 2. The fourth-order valence-corrected chi connectivity index (χ4v) is 2.70. The average Bonchev–Trinajstić information content (AvgIpc) is 2.97. The second-order valence-corrected chi connectivity index (χ2v) is 5.72. The molecule has 22 heavy (non-hydrogen) atoms. The first-order valence-corrected chi connectivity index (χ1v) is 7.63. The number of methoxy groups -OCH3 is 1. The largest absolute Gasteiger partial charge is 0.495 e. The van der Waals surface area contributed by atoms with Gasteiger partial charge in [0.2, 0.25) is 5.91 Å². The molecule has 1 N–H and O–H groups in total. The van der Waals surface area contributed by atoms with Gasteiger partial charge in [0.1, 0.15) is 10.6 Å². The van der Waals surface area contributed by atoms with Gasteiger partial charge in [-0.2, -0.15) is 0 Å². The quantitative estimate of drug-likeness (QED) is 0.922. The summed E-state index contributed by atoms with van der Waals surface area (Å²) in [5.41, 5.74) is 1.57. The molecule has 1 aromatic heterocycles. The summed E-state index contributed by atoms with van der Waals surface area (Å²) >= 11 is 1.32. The van der Waals surface area contributed by atoms with E-state index in [1.165, 1.54) is 25.4 Å². The molecule has 1 heterocycles. The number of benzene rings is 1. The van der Waals surface area contributed by atoms with E-state index in [-0.39, 0.29) is 11.8 Å². The number of hydrogen-bond acceptors (Lipinski definition) is 4. The van der Waals surface area contributed by atoms with Gasteiger partial charge in [-0.3, -0.25) is 9.59 Å². The van der Waals surface area contributed by atoms with Crippen molar-refractivity contribution in [2.45, 2.75) is 13.5 Å². The smallest absolute Gasteiger partial charge is 0.269 e. The molecule has 116 valence electrons. The van der Waals surface area contributed by atoms with Gasteiger partial charge in [-0.05, 0) is 23.1 Å². The second kappa shape index (κ2) is 7.09. The first kappa shape index (κ1) is 16.0. The van der Waals surface area contributed by atoms with Gasteiger partial charge in [0.15, 0.2) is 0 Å². The van der Waals surface area contributed by atoms with Crippen LogP contribution in [0.3, 0.4) is 0 Å². The maximum absolute atomic E-state index is 12.4. The highest BCUT2D eigenvalue weighted by molar-refractivity contribution is 7.12. The van der Waals surface area contributed by atoms with Crippen molar-refractivity contribution in [2.24, 2.45) is 0 Å². The highest BCUT2D eigenvalue weighted by atomic mass is 32.1. The predicted molar refractivity (Wildman–Crippen MR) is 87.4 cm³/mol. The van der Waals surface area contributed by atoms with Crippen molar-refractivity contribution in [1.82, 2.24) is 4.90 Å². The number of thiophene rings is 1. The SMILES string of the molecule is COc1ccsc1C(=O)Nc1ccccc1CN(C)C(C)=O. The number of hydrogen-bond donors (Lipinski definition) is 1. The molecule has 0 fully saturated rings. The number of carbonyl (C=O) groups excluding carboxylic acids is 2. The van der Waals surface area contributed by atoms with Crippen molar-refractivity contribution >= 4 is 28.8 Å². The van der Waals surface area contributed by atoms with Gasteiger partial charge in [0.05, 0.1) is 7.11 Å². The van der Waals surface area contributed by atoms with E-state index in [1.807, 2.05) is 29.6 Å². The van der Waals surface area contributed by atoms with E-state index in [0.29, 0.717) is 22.9 Å². The molecule has 0 aliphatic heterocycles. The van der Waals surface area contributed by atoms with Crippen molar-refractivity contribution < 1.29 is 14.3 Å². The standard InChI is InChI=1S/C16H18N2O3S/c1-11(19)18(2)10-12-6-4-5-7-13(12)17-16(20)15-14(21-3)8-9-22-15/h4-9H,10H2,1-3H3,(H,17,20). The van der Waals surface area contributed by atoms with Gasteiger partial charge in [-0.25, -0.2) is 0 Å². The summed E-state index contributed by atoms with van der Waals surface area (Å²) < 4.78 is 5.17. The lowest BCUT2D eigenvalue weighted by Crippen LogP contribution is -2.24. The molecule has 0 bridgehead atoms. The van der Waals surface area contributed by atoms with Crippen LogP contribution in [0.4, 0.5) is 5.69 Å². The molecule has 0 unspecified atom stereocenters. The minimum absolute atomic E-state index is 0.0268. The number of anilines is 1. The van der Waals surface area contributed by atoms with Crippen LogP contribution in [-0.2, 0) is 11.3 Å². The molecular weight excluding hydrogens is 300 g/mol. The average molecular weight is 318 g/mol. The monoisotopic (exact) mass is 318 g/mol. The van der Waals surface area contributed by atoms with E-state index in [2.05, 4.69) is 5.32 Å². The van der Waals surface area contributed by atoms with Crippen molar-refractivity contribution in [3.63, 3.8) is 0 Å². The Balaban J connectivity index is 2.19. The van der Waals surface area contributed by atoms with E-state index >= 15 is 0 Å². The van der Waals surface area contributed by atoms with E-state index < -0.39 is 0 Å². The highest BCUT2D eigenvalue weighted by Gasteiger charge is 2.16. The number of nitrogens with one attached hydrogen (secondary N) is 1. The van der Waals surface area contributed by atoms with Gasteiger partial charge in [0, 0.05) is 26.2 Å². The number of nitrogens with zero attached hydrogens (tertiary/aromatic N) is 1. The van der Waals surface area contributed by atoms with E-state index in [9.17, 15) is 9.59 Å². The molecule has 2 rings (SSSR count). The minimum atomic E-state index is -0.218. The Morgan fingerprint density at radius 1 is 1.27 bits per heavy atom. The summed E-state index contributed by atoms with van der Waals surface area (Å²) in [6, 6.07) is 9.19. The maximum atomic E-state index is 12.4. The molecule has 0 atom stereocenters. The zero-order valence-corrected chi connectivity index (χ0v) is 13.6. The van der Waals surface area contributed by atoms with Crippen LogP contribution >= 0.6 is 11.3 Å². The Kier molecular flexibility index (Phi) is 5.16. The zero-order valence-electron chi connectivity index (χ0n) is 12.8. The van der Waals surface area contributed by atoms with Crippen LogP contribution in [-0.4, -0.2) is 30.9 Å². The predicted octanol–water partition coefficient (Wildman–Crippen LogP) is 2.99. The van der Waals surface area contributed by atoms with Gasteiger partial charge in [-0.1, -0.05) is 18.2 Å². The number of rotatable bonds is 5. The van der Waals surface area contributed by atoms with Crippen LogP contribution in [0.5, 0.6) is 5.75 Å². The van der Waals surface area contributed by atoms with Gasteiger partial charge < -0.3 is 15.0 Å². The summed E-state index contributed by atoms with van der Waals surface area (Å²) in [5, 5.41) is 4.69. The lowest BCUT2D eigenvalue weighted by atomic mass is 10.1. The van der Waals surface area contributed by atoms with Crippen LogP contribution in [0.2, 0.25) is 0 Å². The molecule has 2 amide bonds. The lowest BCUT2D eigenvalue weighted by Gasteiger charge is -2.17. The zero-order chi connectivity index (χ0) is 16.1. The Morgan fingerprint density at radius 2 is 2.00 bits per heavy atom. The lowest BCUT2D eigenvalue weighted by molar-refractivity contribution is -0.128. The number of para-hydroxylation sites is 1. The van der Waals surface area contributed by atoms with Gasteiger partial charge >= 0.3 is 0 Å². The molecule has 0 aliphatic carbocycles. The molecule has 6 heteroatoms. The molecule has 5 nitrogen and oxygen atoms in total. The van der Waals surface area contributed by atoms with Gasteiger partial charge in [0.25, 0.3) is 5.91 Å².